The molecule has 2 aliphatic rings. The van der Waals surface area contributed by atoms with Gasteiger partial charge in [-0.3, -0.25) is 9.59 Å². The van der Waals surface area contributed by atoms with Gasteiger partial charge in [0.25, 0.3) is 5.91 Å². The molecule has 0 aliphatic carbocycles. The summed E-state index contributed by atoms with van der Waals surface area (Å²) < 4.78 is 0. The van der Waals surface area contributed by atoms with Crippen molar-refractivity contribution in [2.24, 2.45) is 11.8 Å². The molecule has 1 aromatic carbocycles. The average molecular weight is 286 g/mol. The van der Waals surface area contributed by atoms with Gasteiger partial charge in [-0.15, -0.1) is 0 Å². The largest absolute Gasteiger partial charge is 0.356 e. The maximum Gasteiger partial charge on any atom is 0.253 e. The van der Waals surface area contributed by atoms with Crippen molar-refractivity contribution in [1.82, 2.24) is 10.2 Å². The maximum absolute atomic E-state index is 12.6. The number of piperidine rings is 1. The minimum absolute atomic E-state index is 0.0900. The molecule has 112 valence electrons. The number of benzene rings is 1. The molecule has 0 bridgehead atoms. The van der Waals surface area contributed by atoms with Gasteiger partial charge < -0.3 is 10.2 Å². The van der Waals surface area contributed by atoms with E-state index in [0.29, 0.717) is 37.3 Å². The van der Waals surface area contributed by atoms with Crippen LogP contribution in [0.2, 0.25) is 0 Å². The predicted octanol–water partition coefficient (Wildman–Crippen LogP) is 2.02. The van der Waals surface area contributed by atoms with Gasteiger partial charge in [-0.2, -0.15) is 0 Å². The third-order valence-corrected chi connectivity index (χ3v) is 4.70. The summed E-state index contributed by atoms with van der Waals surface area (Å²) in [5, 5.41) is 2.90. The summed E-state index contributed by atoms with van der Waals surface area (Å²) in [6.45, 7) is 6.47. The molecule has 2 heterocycles. The first kappa shape index (κ1) is 14.1. The standard InChI is InChI=1S/C17H22N2O2/c1-11(2)12-3-5-13(6-4-12)17(21)19-9-14-7-16(20)18-8-15(14)10-19/h3-6,11,14-15H,7-10H2,1-2H3,(H,18,20)/t14-,15+/m0/s1. The summed E-state index contributed by atoms with van der Waals surface area (Å²) in [6.07, 6.45) is 0.556. The van der Waals surface area contributed by atoms with Crippen LogP contribution in [0.1, 0.15) is 42.1 Å². The lowest BCUT2D eigenvalue weighted by atomic mass is 9.89. The Kier molecular flexibility index (Phi) is 3.70. The second-order valence-corrected chi connectivity index (χ2v) is 6.52. The molecule has 4 heteroatoms. The number of amides is 2. The lowest BCUT2D eigenvalue weighted by molar-refractivity contribution is -0.124. The second-order valence-electron chi connectivity index (χ2n) is 6.52. The number of fused-ring (bicyclic) bond motifs is 1. The molecule has 2 atom stereocenters. The number of hydrogen-bond donors (Lipinski definition) is 1. The van der Waals surface area contributed by atoms with Crippen molar-refractivity contribution in [2.45, 2.75) is 26.2 Å². The van der Waals surface area contributed by atoms with E-state index in [0.717, 1.165) is 12.1 Å². The lowest BCUT2D eigenvalue weighted by Gasteiger charge is -2.23. The zero-order chi connectivity index (χ0) is 15.0. The third kappa shape index (κ3) is 2.80. The first-order valence-electron chi connectivity index (χ1n) is 7.70. The minimum atomic E-state index is 0.0900. The molecule has 1 aromatic rings. The van der Waals surface area contributed by atoms with E-state index in [1.165, 1.54) is 5.56 Å². The Hall–Kier alpha value is -1.84. The number of likely N-dealkylation sites (tertiary alicyclic amines) is 1. The quantitative estimate of drug-likeness (QED) is 0.904. The highest BCUT2D eigenvalue weighted by Crippen LogP contribution is 2.29. The van der Waals surface area contributed by atoms with E-state index in [-0.39, 0.29) is 11.8 Å². The molecular formula is C17H22N2O2. The van der Waals surface area contributed by atoms with Gasteiger partial charge in [-0.05, 0) is 35.4 Å². The van der Waals surface area contributed by atoms with Gasteiger partial charge in [0, 0.05) is 31.6 Å². The van der Waals surface area contributed by atoms with Crippen LogP contribution in [0.4, 0.5) is 0 Å². The summed E-state index contributed by atoms with van der Waals surface area (Å²) in [5.41, 5.74) is 1.99. The number of hydrogen-bond acceptors (Lipinski definition) is 2. The Morgan fingerprint density at radius 1 is 1.19 bits per heavy atom. The van der Waals surface area contributed by atoms with Crippen LogP contribution in [0.3, 0.4) is 0 Å². The fraction of sp³-hybridized carbons (Fsp3) is 0.529. The van der Waals surface area contributed by atoms with Crippen LogP contribution in [0.25, 0.3) is 0 Å². The van der Waals surface area contributed by atoms with E-state index >= 15 is 0 Å². The zero-order valence-electron chi connectivity index (χ0n) is 12.6. The fourth-order valence-electron chi connectivity index (χ4n) is 3.32. The number of rotatable bonds is 2. The molecule has 2 aliphatic heterocycles. The van der Waals surface area contributed by atoms with Crippen molar-refractivity contribution < 1.29 is 9.59 Å². The Balaban J connectivity index is 1.70. The number of carbonyl (C=O) groups excluding carboxylic acids is 2. The predicted molar refractivity (Wildman–Crippen MR) is 81.0 cm³/mol. The number of nitrogens with zero attached hydrogens (tertiary/aromatic N) is 1. The summed E-state index contributed by atoms with van der Waals surface area (Å²) >= 11 is 0. The third-order valence-electron chi connectivity index (χ3n) is 4.70. The molecule has 0 radical (unpaired) electrons. The number of carbonyl (C=O) groups is 2. The average Bonchev–Trinajstić information content (AvgIpc) is 2.89. The highest BCUT2D eigenvalue weighted by atomic mass is 16.2. The fourth-order valence-corrected chi connectivity index (χ4v) is 3.32. The van der Waals surface area contributed by atoms with Crippen LogP contribution in [0.5, 0.6) is 0 Å². The van der Waals surface area contributed by atoms with Crippen LogP contribution >= 0.6 is 0 Å². The number of nitrogens with one attached hydrogen (secondary N) is 1. The molecule has 0 aromatic heterocycles. The van der Waals surface area contributed by atoms with Crippen LogP contribution < -0.4 is 5.32 Å². The van der Waals surface area contributed by atoms with Crippen molar-refractivity contribution in [3.8, 4) is 0 Å². The van der Waals surface area contributed by atoms with E-state index in [1.54, 1.807) is 0 Å². The summed E-state index contributed by atoms with van der Waals surface area (Å²) in [4.78, 5) is 25.9. The van der Waals surface area contributed by atoms with Gasteiger partial charge in [0.05, 0.1) is 0 Å². The SMILES string of the molecule is CC(C)c1ccc(C(=O)N2C[C@H]3CNC(=O)C[C@H]3C2)cc1. The molecule has 2 amide bonds. The van der Waals surface area contributed by atoms with Crippen molar-refractivity contribution in [1.29, 1.82) is 0 Å². The van der Waals surface area contributed by atoms with E-state index in [1.807, 2.05) is 29.2 Å². The van der Waals surface area contributed by atoms with Crippen molar-refractivity contribution >= 4 is 11.8 Å². The van der Waals surface area contributed by atoms with Crippen molar-refractivity contribution in [2.75, 3.05) is 19.6 Å². The van der Waals surface area contributed by atoms with E-state index in [4.69, 9.17) is 0 Å². The Morgan fingerprint density at radius 3 is 2.52 bits per heavy atom. The normalized spacial score (nSPS) is 24.9. The Bertz CT molecular complexity index is 550. The van der Waals surface area contributed by atoms with Crippen LogP contribution in [0.15, 0.2) is 24.3 Å². The molecule has 21 heavy (non-hydrogen) atoms. The van der Waals surface area contributed by atoms with Crippen LogP contribution in [0, 0.1) is 11.8 Å². The first-order chi connectivity index (χ1) is 10.0. The Labute approximate surface area is 125 Å². The second kappa shape index (κ2) is 5.51. The van der Waals surface area contributed by atoms with E-state index in [2.05, 4.69) is 19.2 Å². The Morgan fingerprint density at radius 2 is 1.86 bits per heavy atom. The smallest absolute Gasteiger partial charge is 0.253 e. The zero-order valence-corrected chi connectivity index (χ0v) is 12.6. The summed E-state index contributed by atoms with van der Waals surface area (Å²) in [6, 6.07) is 7.91. The summed E-state index contributed by atoms with van der Waals surface area (Å²) in [5.74, 6) is 1.43. The van der Waals surface area contributed by atoms with Crippen molar-refractivity contribution in [3.63, 3.8) is 0 Å². The molecular weight excluding hydrogens is 264 g/mol. The first-order valence-corrected chi connectivity index (χ1v) is 7.70. The van der Waals surface area contributed by atoms with Gasteiger partial charge in [-0.25, -0.2) is 0 Å². The summed E-state index contributed by atoms with van der Waals surface area (Å²) in [7, 11) is 0. The van der Waals surface area contributed by atoms with E-state index < -0.39 is 0 Å². The minimum Gasteiger partial charge on any atom is -0.356 e. The highest BCUT2D eigenvalue weighted by Gasteiger charge is 2.39. The molecule has 4 nitrogen and oxygen atoms in total. The molecule has 3 rings (SSSR count). The molecule has 0 unspecified atom stereocenters. The molecule has 0 spiro atoms. The van der Waals surface area contributed by atoms with Gasteiger partial charge in [0.2, 0.25) is 5.91 Å². The van der Waals surface area contributed by atoms with Gasteiger partial charge >= 0.3 is 0 Å². The van der Waals surface area contributed by atoms with Gasteiger partial charge in [-0.1, -0.05) is 26.0 Å². The molecule has 2 fully saturated rings. The van der Waals surface area contributed by atoms with Gasteiger partial charge in [0.15, 0.2) is 0 Å². The monoisotopic (exact) mass is 286 g/mol. The molecule has 1 N–H and O–H groups in total. The molecule has 0 saturated carbocycles. The lowest BCUT2D eigenvalue weighted by Crippen LogP contribution is -2.40. The molecule has 2 saturated heterocycles. The van der Waals surface area contributed by atoms with Crippen LogP contribution in [-0.4, -0.2) is 36.3 Å². The topological polar surface area (TPSA) is 49.4 Å². The van der Waals surface area contributed by atoms with Gasteiger partial charge in [0.1, 0.15) is 0 Å². The van der Waals surface area contributed by atoms with Crippen LogP contribution in [-0.2, 0) is 4.79 Å². The van der Waals surface area contributed by atoms with Crippen molar-refractivity contribution in [3.05, 3.63) is 35.4 Å². The highest BCUT2D eigenvalue weighted by molar-refractivity contribution is 5.94. The maximum atomic E-state index is 12.6. The van der Waals surface area contributed by atoms with E-state index in [9.17, 15) is 9.59 Å².